The summed E-state index contributed by atoms with van der Waals surface area (Å²) in [4.78, 5) is 25.3. The molecule has 1 fully saturated rings. The maximum absolute atomic E-state index is 12.1. The molecular formula is C17H25NO2. The zero-order chi connectivity index (χ0) is 15.2. The summed E-state index contributed by atoms with van der Waals surface area (Å²) in [5.41, 5.74) is 0.688. The van der Waals surface area contributed by atoms with E-state index in [1.165, 1.54) is 0 Å². The molecule has 0 aliphatic carbocycles. The smallest absolute Gasteiger partial charge is 0.219 e. The Balaban J connectivity index is 0.000000956. The minimum absolute atomic E-state index is 0.0974. The van der Waals surface area contributed by atoms with Crippen molar-refractivity contribution in [3.8, 4) is 0 Å². The number of ketones is 1. The Kier molecular flexibility index (Phi) is 5.93. The lowest BCUT2D eigenvalue weighted by Gasteiger charge is -2.40. The summed E-state index contributed by atoms with van der Waals surface area (Å²) >= 11 is 0. The third kappa shape index (κ3) is 3.27. The van der Waals surface area contributed by atoms with Gasteiger partial charge in [-0.15, -0.1) is 0 Å². The Morgan fingerprint density at radius 1 is 1.00 bits per heavy atom. The number of carbonyl (C=O) groups excluding carboxylic acids is 2. The lowest BCUT2D eigenvalue weighted by molar-refractivity contribution is -0.133. The minimum Gasteiger partial charge on any atom is -0.343 e. The Morgan fingerprint density at radius 3 is 1.90 bits per heavy atom. The van der Waals surface area contributed by atoms with Gasteiger partial charge in [0.25, 0.3) is 0 Å². The van der Waals surface area contributed by atoms with Gasteiger partial charge >= 0.3 is 0 Å². The monoisotopic (exact) mass is 275 g/mol. The Bertz CT molecular complexity index is 445. The fraction of sp³-hybridized carbons (Fsp3) is 0.529. The summed E-state index contributed by atoms with van der Waals surface area (Å²) in [5.74, 6) is 0.303. The van der Waals surface area contributed by atoms with Gasteiger partial charge in [-0.2, -0.15) is 0 Å². The zero-order valence-corrected chi connectivity index (χ0v) is 13.0. The molecule has 110 valence electrons. The van der Waals surface area contributed by atoms with Crippen LogP contribution in [-0.4, -0.2) is 29.7 Å². The van der Waals surface area contributed by atoms with E-state index in [9.17, 15) is 9.59 Å². The topological polar surface area (TPSA) is 37.4 Å². The highest BCUT2D eigenvalue weighted by atomic mass is 16.2. The summed E-state index contributed by atoms with van der Waals surface area (Å²) in [6, 6.07) is 9.94. The SMILES string of the molecule is CC.CC(=O)N1CCC(C(C)=O)(c2ccccc2)CC1. The molecule has 3 heteroatoms. The highest BCUT2D eigenvalue weighted by molar-refractivity contribution is 5.88. The first-order valence-electron chi connectivity index (χ1n) is 7.38. The number of likely N-dealkylation sites (tertiary alicyclic amines) is 1. The number of nitrogens with zero attached hydrogens (tertiary/aromatic N) is 1. The van der Waals surface area contributed by atoms with E-state index >= 15 is 0 Å². The lowest BCUT2D eigenvalue weighted by Crippen LogP contribution is -2.47. The fourth-order valence-electron chi connectivity index (χ4n) is 2.80. The summed E-state index contributed by atoms with van der Waals surface area (Å²) in [6.45, 7) is 8.59. The van der Waals surface area contributed by atoms with Crippen LogP contribution in [0.15, 0.2) is 30.3 Å². The largest absolute Gasteiger partial charge is 0.343 e. The number of hydrogen-bond acceptors (Lipinski definition) is 2. The van der Waals surface area contributed by atoms with Gasteiger partial charge in [0.1, 0.15) is 5.78 Å². The van der Waals surface area contributed by atoms with E-state index in [0.29, 0.717) is 13.1 Å². The van der Waals surface area contributed by atoms with Gasteiger partial charge in [-0.1, -0.05) is 44.2 Å². The second-order valence-electron chi connectivity index (χ2n) is 5.01. The van der Waals surface area contributed by atoms with Crippen molar-refractivity contribution in [2.45, 2.75) is 46.0 Å². The molecule has 0 aromatic heterocycles. The Morgan fingerprint density at radius 2 is 1.50 bits per heavy atom. The molecule has 1 aliphatic rings. The molecule has 0 saturated carbocycles. The first kappa shape index (κ1) is 16.4. The van der Waals surface area contributed by atoms with E-state index in [-0.39, 0.29) is 11.7 Å². The maximum Gasteiger partial charge on any atom is 0.219 e. The average Bonchev–Trinajstić information content (AvgIpc) is 2.50. The second-order valence-corrected chi connectivity index (χ2v) is 5.01. The molecule has 3 nitrogen and oxygen atoms in total. The van der Waals surface area contributed by atoms with Crippen LogP contribution in [-0.2, 0) is 15.0 Å². The van der Waals surface area contributed by atoms with Crippen LogP contribution in [0.5, 0.6) is 0 Å². The van der Waals surface area contributed by atoms with Gasteiger partial charge < -0.3 is 4.90 Å². The second kappa shape index (κ2) is 7.22. The molecule has 1 aromatic rings. The molecular weight excluding hydrogens is 250 g/mol. The first-order valence-corrected chi connectivity index (χ1v) is 7.38. The number of piperidine rings is 1. The zero-order valence-electron chi connectivity index (χ0n) is 13.0. The van der Waals surface area contributed by atoms with Crippen molar-refractivity contribution in [2.24, 2.45) is 0 Å². The molecule has 1 saturated heterocycles. The number of carbonyl (C=O) groups is 2. The highest BCUT2D eigenvalue weighted by Crippen LogP contribution is 2.36. The summed E-state index contributed by atoms with van der Waals surface area (Å²) in [6.07, 6.45) is 1.46. The van der Waals surface area contributed by atoms with Crippen LogP contribution in [0, 0.1) is 0 Å². The van der Waals surface area contributed by atoms with Crippen LogP contribution in [0.2, 0.25) is 0 Å². The van der Waals surface area contributed by atoms with Crippen molar-refractivity contribution >= 4 is 11.7 Å². The van der Waals surface area contributed by atoms with E-state index in [1.54, 1.807) is 13.8 Å². The average molecular weight is 275 g/mol. The van der Waals surface area contributed by atoms with Gasteiger partial charge in [-0.3, -0.25) is 9.59 Å². The van der Waals surface area contributed by atoms with Gasteiger partial charge in [-0.05, 0) is 25.3 Å². The third-order valence-electron chi connectivity index (χ3n) is 4.06. The lowest BCUT2D eigenvalue weighted by atomic mass is 9.70. The molecule has 2 rings (SSSR count). The van der Waals surface area contributed by atoms with Crippen molar-refractivity contribution in [1.82, 2.24) is 4.90 Å². The van der Waals surface area contributed by atoms with Crippen LogP contribution in [0.25, 0.3) is 0 Å². The number of benzene rings is 1. The van der Waals surface area contributed by atoms with Gasteiger partial charge in [-0.25, -0.2) is 0 Å². The molecule has 1 amide bonds. The van der Waals surface area contributed by atoms with Crippen LogP contribution in [0.1, 0.15) is 46.1 Å². The van der Waals surface area contributed by atoms with Crippen LogP contribution < -0.4 is 0 Å². The van der Waals surface area contributed by atoms with Gasteiger partial charge in [0.2, 0.25) is 5.91 Å². The minimum atomic E-state index is -0.396. The van der Waals surface area contributed by atoms with E-state index < -0.39 is 5.41 Å². The molecule has 20 heavy (non-hydrogen) atoms. The first-order chi connectivity index (χ1) is 9.56. The van der Waals surface area contributed by atoms with Crippen LogP contribution in [0.4, 0.5) is 0 Å². The molecule has 1 aliphatic heterocycles. The van der Waals surface area contributed by atoms with Gasteiger partial charge in [0.15, 0.2) is 0 Å². The van der Waals surface area contributed by atoms with Crippen molar-refractivity contribution in [3.05, 3.63) is 35.9 Å². The van der Waals surface area contributed by atoms with Crippen LogP contribution >= 0.6 is 0 Å². The highest BCUT2D eigenvalue weighted by Gasteiger charge is 2.40. The Hall–Kier alpha value is -1.64. The van der Waals surface area contributed by atoms with Crippen molar-refractivity contribution in [3.63, 3.8) is 0 Å². The standard InChI is InChI=1S/C15H19NO2.C2H6/c1-12(17)15(14-6-4-3-5-7-14)8-10-16(11-9-15)13(2)18;1-2/h3-7H,8-11H2,1-2H3;1-2H3. The molecule has 0 atom stereocenters. The van der Waals surface area contributed by atoms with Crippen molar-refractivity contribution in [1.29, 1.82) is 0 Å². The van der Waals surface area contributed by atoms with E-state index in [2.05, 4.69) is 0 Å². The predicted molar refractivity (Wildman–Crippen MR) is 81.6 cm³/mol. The summed E-state index contributed by atoms with van der Waals surface area (Å²) in [7, 11) is 0. The molecule has 0 unspecified atom stereocenters. The van der Waals surface area contributed by atoms with E-state index in [4.69, 9.17) is 0 Å². The molecule has 0 bridgehead atoms. The maximum atomic E-state index is 12.1. The van der Waals surface area contributed by atoms with Crippen molar-refractivity contribution < 1.29 is 9.59 Å². The van der Waals surface area contributed by atoms with E-state index in [1.807, 2.05) is 49.1 Å². The molecule has 0 radical (unpaired) electrons. The van der Waals surface area contributed by atoms with Gasteiger partial charge in [0, 0.05) is 20.0 Å². The molecule has 0 N–H and O–H groups in total. The predicted octanol–water partition coefficient (Wildman–Crippen LogP) is 3.18. The third-order valence-corrected chi connectivity index (χ3v) is 4.06. The Labute approximate surface area is 122 Å². The number of amides is 1. The molecule has 1 heterocycles. The number of hydrogen-bond donors (Lipinski definition) is 0. The number of Topliss-reactive ketones (excluding diaryl/α,β-unsaturated/α-hetero) is 1. The summed E-state index contributed by atoms with van der Waals surface area (Å²) < 4.78 is 0. The molecule has 1 aromatic carbocycles. The summed E-state index contributed by atoms with van der Waals surface area (Å²) in [5, 5.41) is 0. The van der Waals surface area contributed by atoms with E-state index in [0.717, 1.165) is 18.4 Å². The molecule has 0 spiro atoms. The van der Waals surface area contributed by atoms with Crippen LogP contribution in [0.3, 0.4) is 0 Å². The normalized spacial score (nSPS) is 16.9. The van der Waals surface area contributed by atoms with Crippen molar-refractivity contribution in [2.75, 3.05) is 13.1 Å². The van der Waals surface area contributed by atoms with Gasteiger partial charge in [0.05, 0.1) is 5.41 Å². The fourth-order valence-corrected chi connectivity index (χ4v) is 2.80. The quantitative estimate of drug-likeness (QED) is 0.831. The number of rotatable bonds is 2.